The number of nitrogens with one attached hydrogen (secondary N) is 1. The van der Waals surface area contributed by atoms with Crippen molar-refractivity contribution in [1.82, 2.24) is 15.2 Å². The maximum atomic E-state index is 13.9. The number of benzene rings is 2. The van der Waals surface area contributed by atoms with Gasteiger partial charge in [0.25, 0.3) is 0 Å². The van der Waals surface area contributed by atoms with Crippen molar-refractivity contribution >= 4 is 5.82 Å². The van der Waals surface area contributed by atoms with E-state index in [2.05, 4.69) is 39.3 Å². The van der Waals surface area contributed by atoms with E-state index in [1.807, 2.05) is 30.3 Å². The summed E-state index contributed by atoms with van der Waals surface area (Å²) in [6.45, 7) is 5.91. The third kappa shape index (κ3) is 6.20. The van der Waals surface area contributed by atoms with Gasteiger partial charge in [0.15, 0.2) is 0 Å². The van der Waals surface area contributed by atoms with Crippen LogP contribution < -0.4 is 10.2 Å². The second kappa shape index (κ2) is 11.4. The normalized spacial score (nSPS) is 18.5. The van der Waals surface area contributed by atoms with E-state index >= 15 is 0 Å². The second-order valence-electron chi connectivity index (χ2n) is 10.5. The lowest BCUT2D eigenvalue weighted by molar-refractivity contribution is -0.137. The van der Waals surface area contributed by atoms with Crippen LogP contribution in [0.15, 0.2) is 66.9 Å². The Morgan fingerprint density at radius 3 is 2.37 bits per heavy atom. The van der Waals surface area contributed by atoms with Crippen LogP contribution in [0.1, 0.15) is 29.5 Å². The lowest BCUT2D eigenvalue weighted by Crippen LogP contribution is -2.44. The molecule has 2 aliphatic rings. The Kier molecular flexibility index (Phi) is 8.02. The molecule has 0 saturated carbocycles. The van der Waals surface area contributed by atoms with Gasteiger partial charge in [-0.3, -0.25) is 0 Å². The molecule has 8 heteroatoms. The highest BCUT2D eigenvalue weighted by Crippen LogP contribution is 2.36. The summed E-state index contributed by atoms with van der Waals surface area (Å²) < 4.78 is 47.9. The first kappa shape index (κ1) is 26.7. The van der Waals surface area contributed by atoms with Crippen molar-refractivity contribution in [2.45, 2.75) is 31.0 Å². The topological polar surface area (TPSA) is 40.6 Å². The molecule has 0 radical (unpaired) electrons. The maximum absolute atomic E-state index is 13.9. The lowest BCUT2D eigenvalue weighted by atomic mass is 9.74. The number of piperazine rings is 1. The predicted molar refractivity (Wildman–Crippen MR) is 144 cm³/mol. The molecular weight excluding hydrogens is 489 g/mol. The Morgan fingerprint density at radius 2 is 1.66 bits per heavy atom. The highest BCUT2D eigenvalue weighted by molar-refractivity contribution is 5.68. The fraction of sp³-hybridized carbons (Fsp3) is 0.433. The van der Waals surface area contributed by atoms with Crippen molar-refractivity contribution in [3.8, 4) is 11.1 Å². The third-order valence-electron chi connectivity index (χ3n) is 7.82. The van der Waals surface area contributed by atoms with Gasteiger partial charge in [-0.2, -0.15) is 13.2 Å². The summed E-state index contributed by atoms with van der Waals surface area (Å²) in [6.07, 6.45) is -0.910. The zero-order valence-corrected chi connectivity index (χ0v) is 21.8. The van der Waals surface area contributed by atoms with Crippen molar-refractivity contribution < 1.29 is 17.9 Å². The zero-order valence-electron chi connectivity index (χ0n) is 21.8. The van der Waals surface area contributed by atoms with Gasteiger partial charge in [0.05, 0.1) is 18.8 Å². The Hall–Kier alpha value is -2.94. The minimum absolute atomic E-state index is 0.120. The van der Waals surface area contributed by atoms with Crippen LogP contribution in [0.5, 0.6) is 0 Å². The quantitative estimate of drug-likeness (QED) is 0.451. The SMILES string of the molecule is CN1CCN(c2cc(-c3cc(COCC4(c5ccccc5)CCNCC4)cc(C(F)(F)F)c3)ccn2)CC1. The summed E-state index contributed by atoms with van der Waals surface area (Å²) in [5.74, 6) is 0.793. The first-order chi connectivity index (χ1) is 18.3. The first-order valence-electron chi connectivity index (χ1n) is 13.3. The molecule has 2 fully saturated rings. The van der Waals surface area contributed by atoms with Gasteiger partial charge < -0.3 is 19.9 Å². The molecular formula is C30H35F3N4O. The number of hydrogen-bond acceptors (Lipinski definition) is 5. The van der Waals surface area contributed by atoms with Gasteiger partial charge >= 0.3 is 6.18 Å². The van der Waals surface area contributed by atoms with Crippen LogP contribution in [0.3, 0.4) is 0 Å². The average Bonchev–Trinajstić information content (AvgIpc) is 2.94. The average molecular weight is 525 g/mol. The molecule has 0 unspecified atom stereocenters. The molecule has 0 bridgehead atoms. The summed E-state index contributed by atoms with van der Waals surface area (Å²) in [5.41, 5.74) is 2.19. The van der Waals surface area contributed by atoms with Crippen LogP contribution >= 0.6 is 0 Å². The molecule has 3 aromatic rings. The van der Waals surface area contributed by atoms with Gasteiger partial charge in [-0.25, -0.2) is 4.98 Å². The van der Waals surface area contributed by atoms with E-state index in [0.29, 0.717) is 17.7 Å². The van der Waals surface area contributed by atoms with E-state index in [4.69, 9.17) is 4.74 Å². The minimum atomic E-state index is -4.45. The largest absolute Gasteiger partial charge is 0.416 e. The van der Waals surface area contributed by atoms with Crippen LogP contribution in [-0.2, 0) is 22.9 Å². The van der Waals surface area contributed by atoms with Crippen LogP contribution in [0.2, 0.25) is 0 Å². The lowest BCUT2D eigenvalue weighted by Gasteiger charge is -2.38. The smallest absolute Gasteiger partial charge is 0.376 e. The number of ether oxygens (including phenoxy) is 1. The van der Waals surface area contributed by atoms with E-state index in [1.165, 1.54) is 17.7 Å². The van der Waals surface area contributed by atoms with Gasteiger partial charge in [0.2, 0.25) is 0 Å². The summed E-state index contributed by atoms with van der Waals surface area (Å²) in [5, 5.41) is 3.41. The van der Waals surface area contributed by atoms with Gasteiger partial charge in [-0.15, -0.1) is 0 Å². The van der Waals surface area contributed by atoms with Crippen molar-refractivity contribution in [3.05, 3.63) is 83.6 Å². The van der Waals surface area contributed by atoms with Crippen molar-refractivity contribution in [1.29, 1.82) is 0 Å². The highest BCUT2D eigenvalue weighted by Gasteiger charge is 2.35. The van der Waals surface area contributed by atoms with Gasteiger partial charge in [0, 0.05) is 37.8 Å². The summed E-state index contributed by atoms with van der Waals surface area (Å²) in [6, 6.07) is 18.2. The summed E-state index contributed by atoms with van der Waals surface area (Å²) in [7, 11) is 2.08. The van der Waals surface area contributed by atoms with Gasteiger partial charge in [0.1, 0.15) is 5.82 Å². The minimum Gasteiger partial charge on any atom is -0.376 e. The molecule has 0 spiro atoms. The molecule has 202 valence electrons. The highest BCUT2D eigenvalue weighted by atomic mass is 19.4. The fourth-order valence-electron chi connectivity index (χ4n) is 5.49. The van der Waals surface area contributed by atoms with Crippen LogP contribution in [0, 0.1) is 0 Å². The number of piperidine rings is 1. The standard InChI is InChI=1S/C30H35F3N4O/c1-36-13-15-37(16-14-36)28-20-24(7-10-35-28)25-17-23(18-27(19-25)30(31,32)33)21-38-22-29(8-11-34-12-9-29)26-5-3-2-4-6-26/h2-7,10,17-20,34H,8-9,11-16,21-22H2,1H3. The van der Waals surface area contributed by atoms with E-state index in [0.717, 1.165) is 63.5 Å². The number of aromatic nitrogens is 1. The number of nitrogens with zero attached hydrogens (tertiary/aromatic N) is 3. The fourth-order valence-corrected chi connectivity index (χ4v) is 5.49. The molecule has 1 aromatic heterocycles. The molecule has 0 atom stereocenters. The number of likely N-dealkylation sites (N-methyl/N-ethyl adjacent to an activating group) is 1. The molecule has 5 nitrogen and oxygen atoms in total. The Morgan fingerprint density at radius 1 is 0.921 bits per heavy atom. The number of hydrogen-bond donors (Lipinski definition) is 1. The zero-order chi connectivity index (χ0) is 26.6. The monoisotopic (exact) mass is 524 g/mol. The number of alkyl halides is 3. The Balaban J connectivity index is 1.37. The molecule has 3 heterocycles. The second-order valence-corrected chi connectivity index (χ2v) is 10.5. The molecule has 2 saturated heterocycles. The first-order valence-corrected chi connectivity index (χ1v) is 13.3. The molecule has 0 aliphatic carbocycles. The van der Waals surface area contributed by atoms with E-state index < -0.39 is 11.7 Å². The van der Waals surface area contributed by atoms with Gasteiger partial charge in [-0.05, 0) is 85.6 Å². The number of halogens is 3. The van der Waals surface area contributed by atoms with E-state index in [-0.39, 0.29) is 12.0 Å². The summed E-state index contributed by atoms with van der Waals surface area (Å²) >= 11 is 0. The molecule has 38 heavy (non-hydrogen) atoms. The van der Waals surface area contributed by atoms with Gasteiger partial charge in [-0.1, -0.05) is 30.3 Å². The Bertz CT molecular complexity index is 1200. The molecule has 1 N–H and O–H groups in total. The predicted octanol–water partition coefficient (Wildman–Crippen LogP) is 5.36. The van der Waals surface area contributed by atoms with Crippen molar-refractivity contribution in [2.24, 2.45) is 0 Å². The number of pyridine rings is 1. The van der Waals surface area contributed by atoms with Crippen LogP contribution in [0.4, 0.5) is 19.0 Å². The number of rotatable bonds is 7. The molecule has 0 amide bonds. The van der Waals surface area contributed by atoms with Crippen LogP contribution in [-0.4, -0.2) is 62.8 Å². The van der Waals surface area contributed by atoms with E-state index in [1.54, 1.807) is 12.3 Å². The molecule has 5 rings (SSSR count). The molecule has 2 aromatic carbocycles. The Labute approximate surface area is 222 Å². The van der Waals surface area contributed by atoms with E-state index in [9.17, 15) is 13.2 Å². The third-order valence-corrected chi connectivity index (χ3v) is 7.82. The summed E-state index contributed by atoms with van der Waals surface area (Å²) in [4.78, 5) is 8.94. The van der Waals surface area contributed by atoms with Crippen LogP contribution in [0.25, 0.3) is 11.1 Å². The maximum Gasteiger partial charge on any atom is 0.416 e. The van der Waals surface area contributed by atoms with Crippen molar-refractivity contribution in [2.75, 3.05) is 57.8 Å². The number of anilines is 1. The molecule has 2 aliphatic heterocycles. The van der Waals surface area contributed by atoms with Crippen molar-refractivity contribution in [3.63, 3.8) is 0 Å².